The SMILES string of the molecule is CC(C)CN(C[C@@H]1CCOC1)C(=O)[C@@H]1COc2ccccc2O1. The quantitative estimate of drug-likeness (QED) is 0.836. The summed E-state index contributed by atoms with van der Waals surface area (Å²) in [6, 6.07) is 7.48. The summed E-state index contributed by atoms with van der Waals surface area (Å²) in [6.07, 6.45) is 0.457. The third-order valence-corrected chi connectivity index (χ3v) is 4.18. The highest BCUT2D eigenvalue weighted by Crippen LogP contribution is 2.31. The highest BCUT2D eigenvalue weighted by molar-refractivity contribution is 5.82. The van der Waals surface area contributed by atoms with Gasteiger partial charge in [-0.1, -0.05) is 26.0 Å². The molecule has 5 heteroatoms. The second kappa shape index (κ2) is 7.21. The van der Waals surface area contributed by atoms with Crippen LogP contribution in [0.25, 0.3) is 0 Å². The number of benzene rings is 1. The van der Waals surface area contributed by atoms with Crippen molar-refractivity contribution < 1.29 is 19.0 Å². The summed E-state index contributed by atoms with van der Waals surface area (Å²) >= 11 is 0. The van der Waals surface area contributed by atoms with Crippen molar-refractivity contribution in [2.24, 2.45) is 11.8 Å². The maximum Gasteiger partial charge on any atom is 0.267 e. The van der Waals surface area contributed by atoms with Crippen LogP contribution in [0.4, 0.5) is 0 Å². The summed E-state index contributed by atoms with van der Waals surface area (Å²) in [4.78, 5) is 14.8. The van der Waals surface area contributed by atoms with Gasteiger partial charge in [0.25, 0.3) is 5.91 Å². The number of ether oxygens (including phenoxy) is 3. The first-order chi connectivity index (χ1) is 11.1. The minimum absolute atomic E-state index is 0.0140. The number of carbonyl (C=O) groups excluding carboxylic acids is 1. The summed E-state index contributed by atoms with van der Waals surface area (Å²) in [5.41, 5.74) is 0. The molecular formula is C18H25NO4. The Balaban J connectivity index is 1.67. The van der Waals surface area contributed by atoms with Crippen molar-refractivity contribution in [3.63, 3.8) is 0 Å². The van der Waals surface area contributed by atoms with Gasteiger partial charge < -0.3 is 19.1 Å². The van der Waals surface area contributed by atoms with Crippen LogP contribution in [0, 0.1) is 11.8 Å². The van der Waals surface area contributed by atoms with E-state index >= 15 is 0 Å². The first-order valence-electron chi connectivity index (χ1n) is 8.38. The minimum atomic E-state index is -0.564. The predicted molar refractivity (Wildman–Crippen MR) is 86.7 cm³/mol. The van der Waals surface area contributed by atoms with Crippen molar-refractivity contribution in [2.45, 2.75) is 26.4 Å². The molecule has 0 spiro atoms. The maximum absolute atomic E-state index is 12.9. The fourth-order valence-electron chi connectivity index (χ4n) is 3.08. The van der Waals surface area contributed by atoms with E-state index in [0.717, 1.165) is 32.7 Å². The Labute approximate surface area is 137 Å². The van der Waals surface area contributed by atoms with Crippen molar-refractivity contribution in [2.75, 3.05) is 32.9 Å². The van der Waals surface area contributed by atoms with E-state index in [-0.39, 0.29) is 12.5 Å². The van der Waals surface area contributed by atoms with E-state index in [1.807, 2.05) is 29.2 Å². The molecule has 1 fully saturated rings. The predicted octanol–water partition coefficient (Wildman–Crippen LogP) is 2.35. The first-order valence-corrected chi connectivity index (χ1v) is 8.38. The highest BCUT2D eigenvalue weighted by Gasteiger charge is 2.33. The Morgan fingerprint density at radius 1 is 1.26 bits per heavy atom. The number of rotatable bonds is 5. The van der Waals surface area contributed by atoms with Crippen molar-refractivity contribution in [3.8, 4) is 11.5 Å². The number of hydrogen-bond donors (Lipinski definition) is 0. The molecule has 2 aliphatic rings. The van der Waals surface area contributed by atoms with E-state index < -0.39 is 6.10 Å². The van der Waals surface area contributed by atoms with Crippen molar-refractivity contribution >= 4 is 5.91 Å². The van der Waals surface area contributed by atoms with Gasteiger partial charge in [0, 0.05) is 25.6 Å². The topological polar surface area (TPSA) is 48.0 Å². The van der Waals surface area contributed by atoms with Gasteiger partial charge in [-0.2, -0.15) is 0 Å². The normalized spacial score (nSPS) is 23.1. The molecule has 0 unspecified atom stereocenters. The molecule has 0 radical (unpaired) electrons. The third-order valence-electron chi connectivity index (χ3n) is 4.18. The monoisotopic (exact) mass is 319 g/mol. The fraction of sp³-hybridized carbons (Fsp3) is 0.611. The Hall–Kier alpha value is -1.75. The van der Waals surface area contributed by atoms with Crippen molar-refractivity contribution in [3.05, 3.63) is 24.3 Å². The van der Waals surface area contributed by atoms with Gasteiger partial charge in [0.15, 0.2) is 11.5 Å². The minimum Gasteiger partial charge on any atom is -0.485 e. The van der Waals surface area contributed by atoms with Gasteiger partial charge >= 0.3 is 0 Å². The summed E-state index contributed by atoms with van der Waals surface area (Å²) in [5.74, 6) is 2.20. The summed E-state index contributed by atoms with van der Waals surface area (Å²) < 4.78 is 17.0. The third kappa shape index (κ3) is 3.96. The molecule has 2 atom stereocenters. The van der Waals surface area contributed by atoms with Crippen LogP contribution >= 0.6 is 0 Å². The molecule has 0 N–H and O–H groups in total. The van der Waals surface area contributed by atoms with E-state index in [4.69, 9.17) is 14.2 Å². The van der Waals surface area contributed by atoms with Gasteiger partial charge in [-0.3, -0.25) is 4.79 Å². The number of carbonyl (C=O) groups is 1. The zero-order chi connectivity index (χ0) is 16.2. The molecule has 0 bridgehead atoms. The van der Waals surface area contributed by atoms with Gasteiger partial charge in [-0.25, -0.2) is 0 Å². The Morgan fingerprint density at radius 3 is 2.74 bits per heavy atom. The average molecular weight is 319 g/mol. The van der Waals surface area contributed by atoms with Crippen LogP contribution in [-0.2, 0) is 9.53 Å². The van der Waals surface area contributed by atoms with Crippen molar-refractivity contribution in [1.82, 2.24) is 4.90 Å². The molecular weight excluding hydrogens is 294 g/mol. The van der Waals surface area contributed by atoms with Gasteiger partial charge in [-0.05, 0) is 24.5 Å². The number of nitrogens with zero attached hydrogens (tertiary/aromatic N) is 1. The van der Waals surface area contributed by atoms with E-state index in [1.165, 1.54) is 0 Å². The van der Waals surface area contributed by atoms with Crippen LogP contribution in [0.5, 0.6) is 11.5 Å². The van der Waals surface area contributed by atoms with Gasteiger partial charge in [0.1, 0.15) is 6.61 Å². The Bertz CT molecular complexity index is 540. The zero-order valence-electron chi connectivity index (χ0n) is 13.9. The lowest BCUT2D eigenvalue weighted by atomic mass is 10.1. The molecule has 2 heterocycles. The second-order valence-electron chi connectivity index (χ2n) is 6.73. The molecule has 23 heavy (non-hydrogen) atoms. The number of amides is 1. The molecule has 126 valence electrons. The van der Waals surface area contributed by atoms with Gasteiger partial charge in [0.05, 0.1) is 6.61 Å². The lowest BCUT2D eigenvalue weighted by molar-refractivity contribution is -0.142. The van der Waals surface area contributed by atoms with E-state index in [9.17, 15) is 4.79 Å². The first kappa shape index (κ1) is 16.1. The molecule has 0 aliphatic carbocycles. The number of hydrogen-bond acceptors (Lipinski definition) is 4. The fourth-order valence-corrected chi connectivity index (χ4v) is 3.08. The smallest absolute Gasteiger partial charge is 0.267 e. The maximum atomic E-state index is 12.9. The molecule has 1 aromatic rings. The molecule has 5 nitrogen and oxygen atoms in total. The number of fused-ring (bicyclic) bond motifs is 1. The highest BCUT2D eigenvalue weighted by atomic mass is 16.6. The van der Waals surface area contributed by atoms with Gasteiger partial charge in [0.2, 0.25) is 6.10 Å². The molecule has 2 aliphatic heterocycles. The number of para-hydroxylation sites is 2. The lowest BCUT2D eigenvalue weighted by Crippen LogP contribution is -2.49. The van der Waals surface area contributed by atoms with Crippen LogP contribution in [-0.4, -0.2) is 49.8 Å². The molecule has 1 aromatic carbocycles. The van der Waals surface area contributed by atoms with Crippen LogP contribution in [0.2, 0.25) is 0 Å². The zero-order valence-corrected chi connectivity index (χ0v) is 13.9. The summed E-state index contributed by atoms with van der Waals surface area (Å²) in [7, 11) is 0. The van der Waals surface area contributed by atoms with E-state index in [2.05, 4.69) is 13.8 Å². The summed E-state index contributed by atoms with van der Waals surface area (Å²) in [5, 5.41) is 0. The Kier molecular flexibility index (Phi) is 5.06. The molecule has 1 amide bonds. The standard InChI is InChI=1S/C18H25NO4/c1-13(2)9-19(10-14-7-8-21-11-14)18(20)17-12-22-15-5-3-4-6-16(15)23-17/h3-6,13-14,17H,7-12H2,1-2H3/t14-,17-/m0/s1. The van der Waals surface area contributed by atoms with Crippen LogP contribution in [0.3, 0.4) is 0 Å². The average Bonchev–Trinajstić information content (AvgIpc) is 3.06. The molecule has 1 saturated heterocycles. The molecule has 3 rings (SSSR count). The second-order valence-corrected chi connectivity index (χ2v) is 6.73. The van der Waals surface area contributed by atoms with E-state index in [0.29, 0.717) is 23.3 Å². The van der Waals surface area contributed by atoms with Crippen LogP contribution in [0.15, 0.2) is 24.3 Å². The molecule has 0 aromatic heterocycles. The molecule has 0 saturated carbocycles. The van der Waals surface area contributed by atoms with Gasteiger partial charge in [-0.15, -0.1) is 0 Å². The van der Waals surface area contributed by atoms with E-state index in [1.54, 1.807) is 0 Å². The largest absolute Gasteiger partial charge is 0.485 e. The van der Waals surface area contributed by atoms with Crippen LogP contribution < -0.4 is 9.47 Å². The Morgan fingerprint density at radius 2 is 2.04 bits per heavy atom. The summed E-state index contributed by atoms with van der Waals surface area (Å²) in [6.45, 7) is 7.52. The van der Waals surface area contributed by atoms with Crippen molar-refractivity contribution in [1.29, 1.82) is 0 Å². The van der Waals surface area contributed by atoms with Crippen LogP contribution in [0.1, 0.15) is 20.3 Å². The lowest BCUT2D eigenvalue weighted by Gasteiger charge is -2.32.